The number of benzene rings is 3. The first-order chi connectivity index (χ1) is 22.2. The number of carbonyl (C=O) groups is 1. The lowest BCUT2D eigenvalue weighted by Gasteiger charge is -2.43. The van der Waals surface area contributed by atoms with Crippen molar-refractivity contribution >= 4 is 57.7 Å². The molecule has 0 aliphatic carbocycles. The molecule has 0 spiro atoms. The number of anilines is 1. The van der Waals surface area contributed by atoms with E-state index in [0.29, 0.717) is 17.7 Å². The van der Waals surface area contributed by atoms with Crippen molar-refractivity contribution in [3.05, 3.63) is 109 Å². The lowest BCUT2D eigenvalue weighted by atomic mass is 10.2. The second kappa shape index (κ2) is 13.3. The van der Waals surface area contributed by atoms with Gasteiger partial charge in [0.2, 0.25) is 0 Å². The maximum Gasteiger partial charge on any atom is 0.407 e. The molecule has 10 nitrogen and oxygen atoms in total. The van der Waals surface area contributed by atoms with Gasteiger partial charge in [0.1, 0.15) is 11.8 Å². The Labute approximate surface area is 277 Å². The van der Waals surface area contributed by atoms with Crippen LogP contribution in [0.4, 0.5) is 10.6 Å². The Hall–Kier alpha value is -4.10. The van der Waals surface area contributed by atoms with Crippen LogP contribution in [0.1, 0.15) is 32.6 Å². The number of nitrogens with two attached hydrogens (primary N) is 1. The highest BCUT2D eigenvalue weighted by Gasteiger charge is 2.53. The normalized spacial score (nSPS) is 20.1. The zero-order chi connectivity index (χ0) is 32.3. The molecule has 2 aromatic heterocycles. The van der Waals surface area contributed by atoms with Gasteiger partial charge in [0.15, 0.2) is 23.8 Å². The molecule has 238 valence electrons. The van der Waals surface area contributed by atoms with Gasteiger partial charge in [0, 0.05) is 6.54 Å². The van der Waals surface area contributed by atoms with E-state index in [-0.39, 0.29) is 17.5 Å². The van der Waals surface area contributed by atoms with Crippen LogP contribution in [0.3, 0.4) is 0 Å². The number of amides is 1. The van der Waals surface area contributed by atoms with Crippen molar-refractivity contribution in [2.45, 2.75) is 55.6 Å². The summed E-state index contributed by atoms with van der Waals surface area (Å²) >= 11 is 3.85. The van der Waals surface area contributed by atoms with Gasteiger partial charge in [-0.15, -0.1) is 0 Å². The van der Waals surface area contributed by atoms with Gasteiger partial charge >= 0.3 is 6.09 Å². The summed E-state index contributed by atoms with van der Waals surface area (Å²) in [5.74, 6) is 0.252. The Morgan fingerprint density at radius 1 is 0.957 bits per heavy atom. The third kappa shape index (κ3) is 6.17. The van der Waals surface area contributed by atoms with E-state index in [1.165, 1.54) is 6.33 Å². The first-order valence-electron chi connectivity index (χ1n) is 15.1. The van der Waals surface area contributed by atoms with Crippen LogP contribution in [0.15, 0.2) is 104 Å². The van der Waals surface area contributed by atoms with E-state index in [9.17, 15) is 4.79 Å². The second-order valence-corrected chi connectivity index (χ2v) is 17.6. The number of carbonyl (C=O) groups excluding carboxylic acids is 1. The number of halogens is 1. The fourth-order valence-electron chi connectivity index (χ4n) is 6.14. The third-order valence-corrected chi connectivity index (χ3v) is 14.4. The molecule has 3 heterocycles. The van der Waals surface area contributed by atoms with Crippen LogP contribution in [-0.4, -0.2) is 57.6 Å². The van der Waals surface area contributed by atoms with Crippen molar-refractivity contribution in [2.75, 3.05) is 12.3 Å². The fraction of sp³-hybridized carbons (Fsp3) is 0.294. The predicted octanol–water partition coefficient (Wildman–Crippen LogP) is 4.94. The highest BCUT2D eigenvalue weighted by Crippen LogP contribution is 2.41. The van der Waals surface area contributed by atoms with Crippen LogP contribution in [0.5, 0.6) is 0 Å². The summed E-state index contributed by atoms with van der Waals surface area (Å²) in [6.07, 6.45) is 0.386. The Morgan fingerprint density at radius 3 is 2.17 bits per heavy atom. The number of fused-ring (bicyclic) bond motifs is 1. The molecule has 1 fully saturated rings. The first-order valence-corrected chi connectivity index (χ1v) is 18.0. The summed E-state index contributed by atoms with van der Waals surface area (Å²) in [6.45, 7) is 7.26. The molecular weight excluding hydrogens is 664 g/mol. The maximum atomic E-state index is 13.2. The predicted molar refractivity (Wildman–Crippen MR) is 183 cm³/mol. The van der Waals surface area contributed by atoms with Gasteiger partial charge < -0.3 is 25.0 Å². The SMILES string of the molecule is CC(C)(C)[Si](OC[C@H]1O[C@@H](n2cnc3c(N)ncnc32)C(OC(=O)NCc2ccccc2)[C@H]1Br)(c1ccccc1)c1ccccc1. The number of nitrogens with one attached hydrogen (secondary N) is 1. The summed E-state index contributed by atoms with van der Waals surface area (Å²) in [6, 6.07) is 30.5. The van der Waals surface area contributed by atoms with Crippen molar-refractivity contribution < 1.29 is 18.7 Å². The van der Waals surface area contributed by atoms with Gasteiger partial charge in [0.05, 0.1) is 23.9 Å². The van der Waals surface area contributed by atoms with Crippen molar-refractivity contribution in [2.24, 2.45) is 0 Å². The highest BCUT2D eigenvalue weighted by molar-refractivity contribution is 9.09. The minimum Gasteiger partial charge on any atom is -0.440 e. The number of hydrogen-bond acceptors (Lipinski definition) is 8. The average molecular weight is 702 g/mol. The molecule has 3 aromatic carbocycles. The molecule has 1 aliphatic rings. The molecule has 3 N–H and O–H groups in total. The van der Waals surface area contributed by atoms with Crippen LogP contribution in [0, 0.1) is 0 Å². The molecule has 1 amide bonds. The third-order valence-electron chi connectivity index (χ3n) is 8.33. The molecule has 1 unspecified atom stereocenters. The number of alkyl halides is 1. The smallest absolute Gasteiger partial charge is 0.407 e. The van der Waals surface area contributed by atoms with Gasteiger partial charge in [-0.25, -0.2) is 19.7 Å². The highest BCUT2D eigenvalue weighted by atomic mass is 79.9. The number of imidazole rings is 1. The number of nitrogens with zero attached hydrogens (tertiary/aromatic N) is 4. The van der Waals surface area contributed by atoms with Crippen LogP contribution in [-0.2, 0) is 20.4 Å². The number of alkyl carbamates (subject to hydrolysis) is 1. The molecule has 1 aliphatic heterocycles. The van der Waals surface area contributed by atoms with E-state index >= 15 is 0 Å². The monoisotopic (exact) mass is 700 g/mol. The number of rotatable bonds is 9. The zero-order valence-electron chi connectivity index (χ0n) is 25.9. The van der Waals surface area contributed by atoms with Crippen LogP contribution in [0.2, 0.25) is 5.04 Å². The molecule has 46 heavy (non-hydrogen) atoms. The first kappa shape index (κ1) is 31.9. The number of nitrogen functional groups attached to an aromatic ring is 1. The molecular formula is C34H37BrN6O4Si. The largest absolute Gasteiger partial charge is 0.440 e. The summed E-state index contributed by atoms with van der Waals surface area (Å²) in [5.41, 5.74) is 7.97. The van der Waals surface area contributed by atoms with Crippen molar-refractivity contribution in [3.8, 4) is 0 Å². The Bertz CT molecular complexity index is 1730. The topological polar surface area (TPSA) is 126 Å². The average Bonchev–Trinajstić information content (AvgIpc) is 3.63. The van der Waals surface area contributed by atoms with E-state index in [0.717, 1.165) is 15.9 Å². The molecule has 6 rings (SSSR count). The molecule has 5 aromatic rings. The Morgan fingerprint density at radius 2 is 1.57 bits per heavy atom. The number of hydrogen-bond donors (Lipinski definition) is 2. The van der Waals surface area contributed by atoms with Crippen molar-refractivity contribution in [1.82, 2.24) is 24.8 Å². The number of ether oxygens (including phenoxy) is 2. The van der Waals surface area contributed by atoms with E-state index in [1.807, 2.05) is 42.5 Å². The summed E-state index contributed by atoms with van der Waals surface area (Å²) in [5, 5.41) is 4.96. The van der Waals surface area contributed by atoms with E-state index in [4.69, 9.17) is 19.6 Å². The zero-order valence-corrected chi connectivity index (χ0v) is 28.5. The molecule has 0 saturated carbocycles. The van der Waals surface area contributed by atoms with Crippen molar-refractivity contribution in [1.29, 1.82) is 0 Å². The number of aromatic nitrogens is 4. The summed E-state index contributed by atoms with van der Waals surface area (Å²) in [4.78, 5) is 25.7. The van der Waals surface area contributed by atoms with E-state index in [2.05, 4.69) is 106 Å². The molecule has 1 saturated heterocycles. The minimum absolute atomic E-state index is 0.224. The van der Waals surface area contributed by atoms with E-state index in [1.54, 1.807) is 10.9 Å². The van der Waals surface area contributed by atoms with Gasteiger partial charge in [-0.2, -0.15) is 0 Å². The lowest BCUT2D eigenvalue weighted by Crippen LogP contribution is -2.67. The molecule has 4 atom stereocenters. The van der Waals surface area contributed by atoms with Gasteiger partial charge in [-0.3, -0.25) is 4.57 Å². The maximum absolute atomic E-state index is 13.2. The summed E-state index contributed by atoms with van der Waals surface area (Å²) in [7, 11) is -2.87. The molecule has 12 heteroatoms. The lowest BCUT2D eigenvalue weighted by molar-refractivity contribution is -0.0500. The Balaban J connectivity index is 1.32. The molecule has 0 radical (unpaired) electrons. The quantitative estimate of drug-likeness (QED) is 0.164. The minimum atomic E-state index is -2.87. The van der Waals surface area contributed by atoms with Gasteiger partial charge in [-0.1, -0.05) is 128 Å². The van der Waals surface area contributed by atoms with Crippen LogP contribution in [0.25, 0.3) is 11.2 Å². The van der Waals surface area contributed by atoms with Gasteiger partial charge in [-0.05, 0) is 21.0 Å². The standard InChI is InChI=1S/C34H37BrN6O4Si/c1-34(2,3)46(24-15-9-5-10-16-24,25-17-11-6-12-18-25)43-20-26-27(35)29(45-33(42)37-19-23-13-7-4-8-14-23)32(44-26)41-22-40-28-30(36)38-21-39-31(28)41/h4-18,21-22,26-27,29,32H,19-20H2,1-3H3,(H,37,42)(H2,36,38,39)/t26-,27+,29?,32-/m1/s1. The van der Waals surface area contributed by atoms with Crippen LogP contribution < -0.4 is 21.4 Å². The van der Waals surface area contributed by atoms with Crippen molar-refractivity contribution in [3.63, 3.8) is 0 Å². The van der Waals surface area contributed by atoms with Crippen LogP contribution >= 0.6 is 15.9 Å². The second-order valence-electron chi connectivity index (χ2n) is 12.3. The molecule has 0 bridgehead atoms. The fourth-order valence-corrected chi connectivity index (χ4v) is 11.4. The summed E-state index contributed by atoms with van der Waals surface area (Å²) < 4.78 is 21.7. The van der Waals surface area contributed by atoms with Gasteiger partial charge in [0.25, 0.3) is 8.32 Å². The van der Waals surface area contributed by atoms with E-state index < -0.39 is 37.7 Å². The Kier molecular flexibility index (Phi) is 9.23.